The van der Waals surface area contributed by atoms with E-state index in [2.05, 4.69) is 11.9 Å². The van der Waals surface area contributed by atoms with Gasteiger partial charge < -0.3 is 15.1 Å². The Hall–Kier alpha value is -1.50. The predicted octanol–water partition coefficient (Wildman–Crippen LogP) is 6.14. The highest BCUT2D eigenvalue weighted by Crippen LogP contribution is 2.43. The van der Waals surface area contributed by atoms with Crippen LogP contribution in [0.4, 0.5) is 0 Å². The second kappa shape index (κ2) is 9.97. The maximum atomic E-state index is 13.5. The highest BCUT2D eigenvalue weighted by molar-refractivity contribution is 6.54. The summed E-state index contributed by atoms with van der Waals surface area (Å²) in [5, 5.41) is 19.4. The van der Waals surface area contributed by atoms with Crippen LogP contribution < -0.4 is 0 Å². The average Bonchev–Trinajstić information content (AvgIpc) is 2.75. The van der Waals surface area contributed by atoms with Crippen LogP contribution in [-0.2, 0) is 12.8 Å². The molecule has 1 aliphatic rings. The summed E-state index contributed by atoms with van der Waals surface area (Å²) in [6.07, 6.45) is 3.98. The van der Waals surface area contributed by atoms with Crippen molar-refractivity contribution in [2.24, 2.45) is 0 Å². The van der Waals surface area contributed by atoms with Crippen LogP contribution in [0.3, 0.4) is 0 Å². The van der Waals surface area contributed by atoms with E-state index in [-0.39, 0.29) is 31.4 Å². The summed E-state index contributed by atoms with van der Waals surface area (Å²) in [7, 11) is 2.07. The minimum Gasteiger partial charge on any atom is -0.507 e. The van der Waals surface area contributed by atoms with E-state index in [1.54, 1.807) is 6.07 Å². The number of aryl methyl sites for hydroxylation is 2. The molecule has 0 saturated heterocycles. The van der Waals surface area contributed by atoms with Crippen molar-refractivity contribution >= 4 is 58.2 Å². The molecule has 1 aliphatic heterocycles. The summed E-state index contributed by atoms with van der Waals surface area (Å²) in [5.41, 5.74) is 0.557. The highest BCUT2D eigenvalue weighted by Gasteiger charge is 2.31. The molecule has 0 atom stereocenters. The van der Waals surface area contributed by atoms with Gasteiger partial charge in [-0.05, 0) is 69.4 Å². The van der Waals surface area contributed by atoms with Crippen molar-refractivity contribution in [3.05, 3.63) is 60.0 Å². The molecule has 0 amide bonds. The lowest BCUT2D eigenvalue weighted by molar-refractivity contribution is 0.0693. The minimum atomic E-state index is -1.47. The normalized spacial score (nSPS) is 15.4. The number of phenols is 1. The number of nitrogens with zero attached hydrogens (tertiary/aromatic N) is 1. The number of aromatic hydroxyl groups is 1. The number of halogens is 4. The lowest BCUT2D eigenvalue weighted by atomic mass is 9.92. The van der Waals surface area contributed by atoms with Crippen molar-refractivity contribution in [1.82, 2.24) is 4.90 Å². The standard InChI is InChI=1S/C22H21Cl4NO4/c1-27-7-3-2-6-12-9-11(5-4-8-27)10-13(20(12)28)21(29)14-15(22(30)31)17(24)19(26)18(25)16(14)23/h9-10,28H,2-8H2,1H3,(H,30,31). The molecule has 2 bridgehead atoms. The fraction of sp³-hybridized carbons (Fsp3) is 0.364. The van der Waals surface area contributed by atoms with E-state index in [0.29, 0.717) is 18.4 Å². The molecule has 0 saturated carbocycles. The van der Waals surface area contributed by atoms with Gasteiger partial charge >= 0.3 is 5.97 Å². The summed E-state index contributed by atoms with van der Waals surface area (Å²) in [6.45, 7) is 1.87. The minimum absolute atomic E-state index is 0.0287. The second-order valence-electron chi connectivity index (χ2n) is 7.66. The molecule has 0 spiro atoms. The molecular weight excluding hydrogens is 484 g/mol. The first kappa shape index (κ1) is 24.1. The maximum Gasteiger partial charge on any atom is 0.338 e. The zero-order valence-electron chi connectivity index (χ0n) is 16.8. The predicted molar refractivity (Wildman–Crippen MR) is 124 cm³/mol. The number of phenolic OH excluding ortho intramolecular Hbond substituents is 1. The smallest absolute Gasteiger partial charge is 0.338 e. The van der Waals surface area contributed by atoms with Gasteiger partial charge in [0, 0.05) is 0 Å². The molecule has 1 heterocycles. The van der Waals surface area contributed by atoms with Gasteiger partial charge in [0.1, 0.15) is 5.75 Å². The maximum absolute atomic E-state index is 13.5. The van der Waals surface area contributed by atoms with E-state index in [4.69, 9.17) is 46.4 Å². The Bertz CT molecular complexity index is 1050. The van der Waals surface area contributed by atoms with E-state index in [1.807, 2.05) is 6.07 Å². The second-order valence-corrected chi connectivity index (χ2v) is 9.17. The van der Waals surface area contributed by atoms with Crippen molar-refractivity contribution < 1.29 is 19.8 Å². The molecule has 5 nitrogen and oxygen atoms in total. The third-order valence-corrected chi connectivity index (χ3v) is 7.24. The van der Waals surface area contributed by atoms with Crippen molar-refractivity contribution in [2.45, 2.75) is 32.1 Å². The summed E-state index contributed by atoms with van der Waals surface area (Å²) in [5.74, 6) is -2.43. The van der Waals surface area contributed by atoms with Crippen LogP contribution in [0.15, 0.2) is 12.1 Å². The number of hydrogen-bond donors (Lipinski definition) is 2. The fourth-order valence-electron chi connectivity index (χ4n) is 3.81. The van der Waals surface area contributed by atoms with E-state index < -0.39 is 22.9 Å². The van der Waals surface area contributed by atoms with Gasteiger partial charge in [0.05, 0.1) is 36.8 Å². The average molecular weight is 505 g/mol. The molecule has 2 aromatic rings. The Morgan fingerprint density at radius 1 is 0.871 bits per heavy atom. The first-order chi connectivity index (χ1) is 14.6. The van der Waals surface area contributed by atoms with Gasteiger partial charge in [0.2, 0.25) is 0 Å². The Balaban J connectivity index is 2.17. The molecule has 0 fully saturated rings. The van der Waals surface area contributed by atoms with Crippen LogP contribution in [-0.4, -0.2) is 47.0 Å². The number of carbonyl (C=O) groups is 2. The Morgan fingerprint density at radius 3 is 2.13 bits per heavy atom. The van der Waals surface area contributed by atoms with Crippen LogP contribution in [0.25, 0.3) is 0 Å². The van der Waals surface area contributed by atoms with Gasteiger partial charge in [-0.1, -0.05) is 52.5 Å². The largest absolute Gasteiger partial charge is 0.507 e. The molecule has 2 aromatic carbocycles. The third-order valence-electron chi connectivity index (χ3n) is 5.44. The van der Waals surface area contributed by atoms with Crippen LogP contribution in [0.5, 0.6) is 5.75 Å². The molecule has 9 heteroatoms. The third kappa shape index (κ3) is 4.96. The van der Waals surface area contributed by atoms with Crippen molar-refractivity contribution in [2.75, 3.05) is 20.1 Å². The molecule has 2 N–H and O–H groups in total. The molecule has 0 unspecified atom stereocenters. The molecular formula is C22H21Cl4NO4. The SMILES string of the molecule is CN1CCCCc2cc(cc(C(=O)c3c(Cl)c(Cl)c(Cl)c(Cl)c3C(=O)O)c2O)CCC1. The number of carbonyl (C=O) groups excluding carboxylic acids is 1. The zero-order valence-corrected chi connectivity index (χ0v) is 19.8. The van der Waals surface area contributed by atoms with Gasteiger partial charge in [-0.3, -0.25) is 4.79 Å². The Labute approximate surface area is 200 Å². The van der Waals surface area contributed by atoms with Gasteiger partial charge in [0.15, 0.2) is 5.78 Å². The number of rotatable bonds is 3. The van der Waals surface area contributed by atoms with Gasteiger partial charge in [-0.25, -0.2) is 4.79 Å². The van der Waals surface area contributed by atoms with Gasteiger partial charge in [0.25, 0.3) is 0 Å². The first-order valence-corrected chi connectivity index (χ1v) is 11.3. The first-order valence-electron chi connectivity index (χ1n) is 9.80. The number of fused-ring (bicyclic) bond motifs is 2. The molecule has 3 rings (SSSR count). The summed E-state index contributed by atoms with van der Waals surface area (Å²) in [6, 6.07) is 3.48. The van der Waals surface area contributed by atoms with Gasteiger partial charge in [-0.15, -0.1) is 0 Å². The molecule has 0 aliphatic carbocycles. The fourth-order valence-corrected chi connectivity index (χ4v) is 4.83. The van der Waals surface area contributed by atoms with Crippen LogP contribution >= 0.6 is 46.4 Å². The monoisotopic (exact) mass is 503 g/mol. The summed E-state index contributed by atoms with van der Waals surface area (Å²) in [4.78, 5) is 27.6. The number of carboxylic acids is 1. The number of hydrogen-bond acceptors (Lipinski definition) is 4. The number of aromatic carboxylic acids is 1. The topological polar surface area (TPSA) is 77.8 Å². The Morgan fingerprint density at radius 2 is 1.48 bits per heavy atom. The zero-order chi connectivity index (χ0) is 22.9. The number of ketones is 1. The highest BCUT2D eigenvalue weighted by atomic mass is 35.5. The molecule has 166 valence electrons. The van der Waals surface area contributed by atoms with E-state index in [9.17, 15) is 19.8 Å². The number of benzene rings is 2. The number of carboxylic acid groups (broad SMARTS) is 1. The molecule has 31 heavy (non-hydrogen) atoms. The van der Waals surface area contributed by atoms with E-state index >= 15 is 0 Å². The van der Waals surface area contributed by atoms with Crippen LogP contribution in [0.1, 0.15) is 56.7 Å². The Kier molecular flexibility index (Phi) is 7.76. The van der Waals surface area contributed by atoms with Crippen LogP contribution in [0.2, 0.25) is 20.1 Å². The lowest BCUT2D eigenvalue weighted by Crippen LogP contribution is -2.21. The van der Waals surface area contributed by atoms with Crippen LogP contribution in [0, 0.1) is 0 Å². The summed E-state index contributed by atoms with van der Waals surface area (Å²) < 4.78 is 0. The van der Waals surface area contributed by atoms with Crippen molar-refractivity contribution in [3.8, 4) is 5.75 Å². The molecule has 0 radical (unpaired) electrons. The van der Waals surface area contributed by atoms with Gasteiger partial charge in [-0.2, -0.15) is 0 Å². The van der Waals surface area contributed by atoms with Crippen molar-refractivity contribution in [1.29, 1.82) is 0 Å². The summed E-state index contributed by atoms with van der Waals surface area (Å²) >= 11 is 24.4. The van der Waals surface area contributed by atoms with E-state index in [1.165, 1.54) is 0 Å². The lowest BCUT2D eigenvalue weighted by Gasteiger charge is -2.16. The molecule has 0 aromatic heterocycles. The quantitative estimate of drug-likeness (QED) is 0.298. The van der Waals surface area contributed by atoms with Crippen molar-refractivity contribution in [3.63, 3.8) is 0 Å². The van der Waals surface area contributed by atoms with E-state index in [0.717, 1.165) is 37.9 Å².